The predicted octanol–water partition coefficient (Wildman–Crippen LogP) is 3.12. The molecule has 0 heterocycles. The van der Waals surface area contributed by atoms with Crippen LogP contribution in [-0.2, 0) is 4.79 Å². The van der Waals surface area contributed by atoms with E-state index in [0.29, 0.717) is 17.9 Å². The highest BCUT2D eigenvalue weighted by molar-refractivity contribution is 5.75. The highest BCUT2D eigenvalue weighted by Gasteiger charge is 2.53. The first-order chi connectivity index (χ1) is 8.11. The number of rotatable bonds is 3. The Kier molecular flexibility index (Phi) is 2.72. The first-order valence-corrected chi connectivity index (χ1v) is 7.40. The Morgan fingerprint density at radius 1 is 1.18 bits per heavy atom. The maximum absolute atomic E-state index is 11.6. The Hall–Kier alpha value is -0.530. The fourth-order valence-electron chi connectivity index (χ4n) is 5.20. The van der Waals surface area contributed by atoms with Gasteiger partial charge in [-0.25, -0.2) is 0 Å². The molecule has 0 spiro atoms. The lowest BCUT2D eigenvalue weighted by atomic mass is 9.48. The van der Waals surface area contributed by atoms with Gasteiger partial charge in [-0.15, -0.1) is 0 Å². The molecule has 0 aromatic rings. The zero-order valence-electron chi connectivity index (χ0n) is 11.2. The van der Waals surface area contributed by atoms with Crippen molar-refractivity contribution in [2.24, 2.45) is 23.2 Å². The van der Waals surface area contributed by atoms with Crippen LogP contribution in [0.1, 0.15) is 58.8 Å². The molecule has 4 aliphatic rings. The lowest BCUT2D eigenvalue weighted by molar-refractivity contribution is -0.125. The lowest BCUT2D eigenvalue weighted by Gasteiger charge is -2.59. The van der Waals surface area contributed by atoms with E-state index in [4.69, 9.17) is 0 Å². The summed E-state index contributed by atoms with van der Waals surface area (Å²) in [5.74, 6) is 3.15. The van der Waals surface area contributed by atoms with Gasteiger partial charge in [0.1, 0.15) is 0 Å². The Balaban J connectivity index is 1.75. The summed E-state index contributed by atoms with van der Waals surface area (Å²) in [6.07, 6.45) is 9.20. The number of amides is 1. The molecule has 0 aromatic heterocycles. The summed E-state index contributed by atoms with van der Waals surface area (Å²) >= 11 is 0. The Labute approximate surface area is 105 Å². The molecule has 0 saturated heterocycles. The summed E-state index contributed by atoms with van der Waals surface area (Å²) < 4.78 is 0. The average Bonchev–Trinajstić information content (AvgIpc) is 2.26. The van der Waals surface area contributed by atoms with Crippen LogP contribution in [0.5, 0.6) is 0 Å². The predicted molar refractivity (Wildman–Crippen MR) is 68.5 cm³/mol. The van der Waals surface area contributed by atoms with E-state index >= 15 is 0 Å². The molecule has 17 heavy (non-hydrogen) atoms. The molecule has 0 aromatic carbocycles. The third-order valence-electron chi connectivity index (χ3n) is 5.70. The van der Waals surface area contributed by atoms with Crippen LogP contribution in [0.3, 0.4) is 0 Å². The van der Waals surface area contributed by atoms with Crippen molar-refractivity contribution in [2.75, 3.05) is 0 Å². The van der Waals surface area contributed by atoms with E-state index in [1.54, 1.807) is 0 Å². The maximum atomic E-state index is 11.6. The summed E-state index contributed by atoms with van der Waals surface area (Å²) in [6.45, 7) is 4.20. The Bertz CT molecular complexity index is 288. The van der Waals surface area contributed by atoms with E-state index in [0.717, 1.165) is 17.8 Å². The minimum atomic E-state index is 0.230. The standard InChI is InChI=1S/C15H25NO/c1-3-14(17)16-10(2)15-7-11-4-12(8-15)6-13(5-11)9-15/h10-13H,3-9H2,1-2H3,(H,16,17). The molecule has 1 unspecified atom stereocenters. The van der Waals surface area contributed by atoms with Gasteiger partial charge in [0.05, 0.1) is 0 Å². The summed E-state index contributed by atoms with van der Waals surface area (Å²) in [4.78, 5) is 11.6. The zero-order valence-corrected chi connectivity index (χ0v) is 11.2. The van der Waals surface area contributed by atoms with Gasteiger partial charge >= 0.3 is 0 Å². The molecule has 4 saturated carbocycles. The van der Waals surface area contributed by atoms with E-state index in [1.807, 2.05) is 6.92 Å². The molecule has 4 rings (SSSR count). The van der Waals surface area contributed by atoms with Crippen LogP contribution in [0.4, 0.5) is 0 Å². The second-order valence-electron chi connectivity index (χ2n) is 6.92. The summed E-state index contributed by atoms with van der Waals surface area (Å²) in [6, 6.07) is 0.392. The van der Waals surface area contributed by atoms with Gasteiger partial charge in [-0.05, 0) is 68.6 Å². The quantitative estimate of drug-likeness (QED) is 0.800. The third-order valence-corrected chi connectivity index (χ3v) is 5.70. The SMILES string of the molecule is CCC(=O)NC(C)C12CC3CC(CC(C3)C1)C2. The molecular weight excluding hydrogens is 210 g/mol. The molecule has 96 valence electrons. The molecule has 2 nitrogen and oxygen atoms in total. The van der Waals surface area contributed by atoms with Crippen molar-refractivity contribution in [1.82, 2.24) is 5.32 Å². The third kappa shape index (κ3) is 1.90. The van der Waals surface area contributed by atoms with E-state index < -0.39 is 0 Å². The normalized spacial score (nSPS) is 44.7. The molecular formula is C15H25NO. The van der Waals surface area contributed by atoms with Crippen molar-refractivity contribution in [3.63, 3.8) is 0 Å². The number of carbonyl (C=O) groups excluding carboxylic acids is 1. The summed E-state index contributed by atoms with van der Waals surface area (Å²) in [5.41, 5.74) is 0.458. The van der Waals surface area contributed by atoms with Crippen LogP contribution < -0.4 is 5.32 Å². The lowest BCUT2D eigenvalue weighted by Crippen LogP contribution is -2.55. The maximum Gasteiger partial charge on any atom is 0.219 e. The van der Waals surface area contributed by atoms with Crippen molar-refractivity contribution in [3.8, 4) is 0 Å². The second kappa shape index (κ2) is 4.00. The van der Waals surface area contributed by atoms with Crippen molar-refractivity contribution in [2.45, 2.75) is 64.8 Å². The zero-order chi connectivity index (χ0) is 12.0. The van der Waals surface area contributed by atoms with Crippen LogP contribution in [0, 0.1) is 23.2 Å². The first kappa shape index (κ1) is 11.6. The van der Waals surface area contributed by atoms with E-state index in [-0.39, 0.29) is 5.91 Å². The Morgan fingerprint density at radius 3 is 2.06 bits per heavy atom. The monoisotopic (exact) mass is 235 g/mol. The van der Waals surface area contributed by atoms with Crippen LogP contribution >= 0.6 is 0 Å². The Morgan fingerprint density at radius 2 is 1.65 bits per heavy atom. The van der Waals surface area contributed by atoms with Crippen LogP contribution in [-0.4, -0.2) is 11.9 Å². The van der Waals surface area contributed by atoms with Crippen molar-refractivity contribution in [1.29, 1.82) is 0 Å². The second-order valence-corrected chi connectivity index (χ2v) is 6.92. The fraction of sp³-hybridized carbons (Fsp3) is 0.933. The molecule has 0 aliphatic heterocycles. The topological polar surface area (TPSA) is 29.1 Å². The van der Waals surface area contributed by atoms with E-state index in [2.05, 4.69) is 12.2 Å². The highest BCUT2D eigenvalue weighted by Crippen LogP contribution is 2.61. The fourth-order valence-corrected chi connectivity index (χ4v) is 5.20. The van der Waals surface area contributed by atoms with Crippen molar-refractivity contribution in [3.05, 3.63) is 0 Å². The molecule has 1 amide bonds. The largest absolute Gasteiger partial charge is 0.353 e. The van der Waals surface area contributed by atoms with Gasteiger partial charge in [-0.2, -0.15) is 0 Å². The highest BCUT2D eigenvalue weighted by atomic mass is 16.1. The van der Waals surface area contributed by atoms with Gasteiger partial charge in [0.2, 0.25) is 5.91 Å². The first-order valence-electron chi connectivity index (χ1n) is 7.40. The van der Waals surface area contributed by atoms with Gasteiger partial charge in [-0.3, -0.25) is 4.79 Å². The van der Waals surface area contributed by atoms with E-state index in [1.165, 1.54) is 38.5 Å². The number of nitrogens with one attached hydrogen (secondary N) is 1. The molecule has 4 bridgehead atoms. The number of hydrogen-bond acceptors (Lipinski definition) is 1. The van der Waals surface area contributed by atoms with Crippen LogP contribution in [0.15, 0.2) is 0 Å². The number of carbonyl (C=O) groups is 1. The molecule has 4 aliphatic carbocycles. The van der Waals surface area contributed by atoms with Crippen LogP contribution in [0.25, 0.3) is 0 Å². The van der Waals surface area contributed by atoms with Gasteiger partial charge < -0.3 is 5.32 Å². The van der Waals surface area contributed by atoms with Gasteiger partial charge in [-0.1, -0.05) is 6.92 Å². The van der Waals surface area contributed by atoms with Gasteiger partial charge in [0.15, 0.2) is 0 Å². The van der Waals surface area contributed by atoms with Crippen molar-refractivity contribution >= 4 is 5.91 Å². The van der Waals surface area contributed by atoms with Crippen LogP contribution in [0.2, 0.25) is 0 Å². The number of hydrogen-bond donors (Lipinski definition) is 1. The molecule has 0 radical (unpaired) electrons. The molecule has 1 atom stereocenters. The minimum absolute atomic E-state index is 0.230. The van der Waals surface area contributed by atoms with Gasteiger partial charge in [0.25, 0.3) is 0 Å². The van der Waals surface area contributed by atoms with Gasteiger partial charge in [0, 0.05) is 12.5 Å². The minimum Gasteiger partial charge on any atom is -0.353 e. The molecule has 2 heteroatoms. The average molecular weight is 235 g/mol. The molecule has 4 fully saturated rings. The summed E-state index contributed by atoms with van der Waals surface area (Å²) in [5, 5.41) is 3.25. The molecule has 1 N–H and O–H groups in total. The van der Waals surface area contributed by atoms with E-state index in [9.17, 15) is 4.79 Å². The van der Waals surface area contributed by atoms with Crippen molar-refractivity contribution < 1.29 is 4.79 Å². The smallest absolute Gasteiger partial charge is 0.219 e. The summed E-state index contributed by atoms with van der Waals surface area (Å²) in [7, 11) is 0.